The van der Waals surface area contributed by atoms with Crippen LogP contribution in [0.25, 0.3) is 0 Å². The van der Waals surface area contributed by atoms with Gasteiger partial charge in [-0.2, -0.15) is 0 Å². The third-order valence-corrected chi connectivity index (χ3v) is 4.20. The molecule has 5 nitrogen and oxygen atoms in total. The third kappa shape index (κ3) is 7.77. The van der Waals surface area contributed by atoms with E-state index in [-0.39, 0.29) is 35.2 Å². The van der Waals surface area contributed by atoms with Gasteiger partial charge in [0.15, 0.2) is 5.96 Å². The van der Waals surface area contributed by atoms with Crippen LogP contribution in [0, 0.1) is 5.82 Å². The van der Waals surface area contributed by atoms with Gasteiger partial charge in [-0.15, -0.1) is 24.0 Å². The van der Waals surface area contributed by atoms with Crippen LogP contribution in [0.3, 0.4) is 0 Å². The summed E-state index contributed by atoms with van der Waals surface area (Å²) in [6, 6.07) is 4.95. The molecule has 2 N–H and O–H groups in total. The van der Waals surface area contributed by atoms with Crippen LogP contribution in [0.15, 0.2) is 38.3 Å². The number of rotatable bonds is 6. The molecule has 8 heteroatoms. The summed E-state index contributed by atoms with van der Waals surface area (Å²) >= 11 is 3.37. The maximum Gasteiger partial charge on any atom is 0.216 e. The van der Waals surface area contributed by atoms with Gasteiger partial charge in [-0.1, -0.05) is 36.7 Å². The molecular weight excluding hydrogens is 526 g/mol. The van der Waals surface area contributed by atoms with Crippen molar-refractivity contribution in [2.75, 3.05) is 13.1 Å². The zero-order valence-electron chi connectivity index (χ0n) is 16.1. The molecule has 0 bridgehead atoms. The molecule has 0 aliphatic rings. The molecule has 0 aliphatic heterocycles. The van der Waals surface area contributed by atoms with Gasteiger partial charge in [-0.3, -0.25) is 0 Å². The number of aliphatic imine (C=N–C) groups is 1. The topological polar surface area (TPSA) is 62.5 Å². The first-order chi connectivity index (χ1) is 12.3. The zero-order chi connectivity index (χ0) is 19.2. The van der Waals surface area contributed by atoms with Gasteiger partial charge in [-0.25, -0.2) is 14.4 Å². The molecule has 0 spiro atoms. The molecule has 0 aliphatic carbocycles. The van der Waals surface area contributed by atoms with Gasteiger partial charge in [0.25, 0.3) is 0 Å². The van der Waals surface area contributed by atoms with Crippen molar-refractivity contribution in [3.8, 4) is 0 Å². The van der Waals surface area contributed by atoms with E-state index in [2.05, 4.69) is 57.3 Å². The first kappa shape index (κ1) is 23.9. The highest BCUT2D eigenvalue weighted by Gasteiger charge is 2.19. The SMILES string of the molecule is CCNC(=NCc1ncc(C(C)(C)C)o1)NCCc1cc(Br)ccc1F.I. The molecule has 1 aromatic carbocycles. The molecule has 1 heterocycles. The van der Waals surface area contributed by atoms with Gasteiger partial charge < -0.3 is 15.1 Å². The number of hydrogen-bond donors (Lipinski definition) is 2. The summed E-state index contributed by atoms with van der Waals surface area (Å²) in [4.78, 5) is 8.77. The smallest absolute Gasteiger partial charge is 0.216 e. The molecule has 0 saturated carbocycles. The molecule has 2 aromatic rings. The van der Waals surface area contributed by atoms with Crippen LogP contribution < -0.4 is 10.6 Å². The van der Waals surface area contributed by atoms with E-state index in [1.54, 1.807) is 18.3 Å². The lowest BCUT2D eigenvalue weighted by Gasteiger charge is -2.13. The Bertz CT molecular complexity index is 758. The van der Waals surface area contributed by atoms with Crippen molar-refractivity contribution in [2.45, 2.75) is 46.1 Å². The standard InChI is InChI=1S/C19H26BrFN4O.HI/c1-5-22-18(23-9-8-13-10-14(20)6-7-15(13)21)25-12-17-24-11-16(26-17)19(2,3)4;/h6-7,10-11H,5,8-9,12H2,1-4H3,(H2,22,23,25);1H. The molecule has 0 fully saturated rings. The lowest BCUT2D eigenvalue weighted by atomic mass is 9.94. The van der Waals surface area contributed by atoms with Crippen molar-refractivity contribution in [2.24, 2.45) is 4.99 Å². The summed E-state index contributed by atoms with van der Waals surface area (Å²) in [5, 5.41) is 6.38. The maximum atomic E-state index is 13.8. The largest absolute Gasteiger partial charge is 0.443 e. The second-order valence-electron chi connectivity index (χ2n) is 6.98. The monoisotopic (exact) mass is 552 g/mol. The van der Waals surface area contributed by atoms with Crippen molar-refractivity contribution >= 4 is 45.9 Å². The maximum absolute atomic E-state index is 13.8. The predicted octanol–water partition coefficient (Wildman–Crippen LogP) is 4.79. The van der Waals surface area contributed by atoms with E-state index in [0.29, 0.717) is 36.9 Å². The Kier molecular flexibility index (Phi) is 9.72. The minimum atomic E-state index is -0.202. The Morgan fingerprint density at radius 2 is 2.04 bits per heavy atom. The van der Waals surface area contributed by atoms with Gasteiger partial charge >= 0.3 is 0 Å². The summed E-state index contributed by atoms with van der Waals surface area (Å²) in [6.07, 6.45) is 2.31. The highest BCUT2D eigenvalue weighted by atomic mass is 127. The zero-order valence-corrected chi connectivity index (χ0v) is 20.0. The highest BCUT2D eigenvalue weighted by Crippen LogP contribution is 2.22. The van der Waals surface area contributed by atoms with E-state index in [9.17, 15) is 4.39 Å². The fourth-order valence-electron chi connectivity index (χ4n) is 2.27. The van der Waals surface area contributed by atoms with Crippen molar-refractivity contribution in [3.05, 3.63) is 51.9 Å². The van der Waals surface area contributed by atoms with Crippen LogP contribution in [0.5, 0.6) is 0 Å². The predicted molar refractivity (Wildman–Crippen MR) is 121 cm³/mol. The highest BCUT2D eigenvalue weighted by molar-refractivity contribution is 14.0. The second kappa shape index (κ2) is 11.0. The normalized spacial score (nSPS) is 11.9. The summed E-state index contributed by atoms with van der Waals surface area (Å²) < 4.78 is 20.4. The van der Waals surface area contributed by atoms with E-state index in [1.807, 2.05) is 6.92 Å². The number of halogens is 3. The number of oxazole rings is 1. The first-order valence-corrected chi connectivity index (χ1v) is 9.50. The lowest BCUT2D eigenvalue weighted by Crippen LogP contribution is -2.38. The van der Waals surface area contributed by atoms with Crippen LogP contribution in [-0.4, -0.2) is 24.0 Å². The van der Waals surface area contributed by atoms with Crippen molar-refractivity contribution in [3.63, 3.8) is 0 Å². The van der Waals surface area contributed by atoms with Crippen molar-refractivity contribution < 1.29 is 8.81 Å². The van der Waals surface area contributed by atoms with Gasteiger partial charge in [0.05, 0.1) is 6.20 Å². The number of hydrogen-bond acceptors (Lipinski definition) is 3. The Morgan fingerprint density at radius 1 is 1.30 bits per heavy atom. The van der Waals surface area contributed by atoms with E-state index >= 15 is 0 Å². The van der Waals surface area contributed by atoms with E-state index in [0.717, 1.165) is 16.8 Å². The minimum absolute atomic E-state index is 0. The average molecular weight is 553 g/mol. The van der Waals surface area contributed by atoms with E-state index < -0.39 is 0 Å². The fraction of sp³-hybridized carbons (Fsp3) is 0.474. The lowest BCUT2D eigenvalue weighted by molar-refractivity contribution is 0.383. The van der Waals surface area contributed by atoms with Crippen molar-refractivity contribution in [1.82, 2.24) is 15.6 Å². The summed E-state index contributed by atoms with van der Waals surface area (Å²) in [5.74, 6) is 1.86. The average Bonchev–Trinajstić information content (AvgIpc) is 3.05. The molecule has 0 saturated heterocycles. The van der Waals surface area contributed by atoms with E-state index in [4.69, 9.17) is 4.42 Å². The van der Waals surface area contributed by atoms with Gasteiger partial charge in [0, 0.05) is 23.0 Å². The number of benzene rings is 1. The Labute approximate surface area is 185 Å². The minimum Gasteiger partial charge on any atom is -0.443 e. The number of guanidine groups is 1. The molecule has 27 heavy (non-hydrogen) atoms. The Balaban J connectivity index is 0.00000364. The van der Waals surface area contributed by atoms with Crippen LogP contribution in [-0.2, 0) is 18.4 Å². The molecular formula is C19H27BrFIN4O. The molecule has 0 radical (unpaired) electrons. The summed E-state index contributed by atoms with van der Waals surface area (Å²) in [7, 11) is 0. The quantitative estimate of drug-likeness (QED) is 0.307. The molecule has 150 valence electrons. The van der Waals surface area contributed by atoms with Crippen LogP contribution >= 0.6 is 39.9 Å². The Morgan fingerprint density at radius 3 is 2.67 bits per heavy atom. The summed E-state index contributed by atoms with van der Waals surface area (Å²) in [6.45, 7) is 9.87. The van der Waals surface area contributed by atoms with Gasteiger partial charge in [0.1, 0.15) is 18.1 Å². The fourth-order valence-corrected chi connectivity index (χ4v) is 2.68. The molecule has 0 unspecified atom stereocenters. The number of nitrogens with zero attached hydrogens (tertiary/aromatic N) is 2. The molecule has 2 rings (SSSR count). The molecule has 1 aromatic heterocycles. The van der Waals surface area contributed by atoms with Crippen LogP contribution in [0.4, 0.5) is 4.39 Å². The van der Waals surface area contributed by atoms with Gasteiger partial charge in [-0.05, 0) is 37.1 Å². The first-order valence-electron chi connectivity index (χ1n) is 8.71. The number of nitrogens with one attached hydrogen (secondary N) is 2. The number of aromatic nitrogens is 1. The van der Waals surface area contributed by atoms with Crippen LogP contribution in [0.2, 0.25) is 0 Å². The van der Waals surface area contributed by atoms with E-state index in [1.165, 1.54) is 6.07 Å². The Hall–Kier alpha value is -1.16. The third-order valence-electron chi connectivity index (χ3n) is 3.70. The second-order valence-corrected chi connectivity index (χ2v) is 7.89. The molecule has 0 atom stereocenters. The van der Waals surface area contributed by atoms with Gasteiger partial charge in [0.2, 0.25) is 5.89 Å². The van der Waals surface area contributed by atoms with Crippen LogP contribution in [0.1, 0.15) is 44.9 Å². The summed E-state index contributed by atoms with van der Waals surface area (Å²) in [5.41, 5.74) is 0.580. The molecule has 0 amide bonds. The van der Waals surface area contributed by atoms with Crippen molar-refractivity contribution in [1.29, 1.82) is 0 Å².